The third kappa shape index (κ3) is 3.88. The van der Waals surface area contributed by atoms with Crippen LogP contribution >= 0.6 is 0 Å². The van der Waals surface area contributed by atoms with E-state index in [4.69, 9.17) is 5.11 Å². The Kier molecular flexibility index (Phi) is 4.42. The molecule has 17 heavy (non-hydrogen) atoms. The first kappa shape index (κ1) is 14.3. The number of nitrogens with one attached hydrogen (secondary N) is 1. The van der Waals surface area contributed by atoms with Crippen LogP contribution in [0, 0.1) is 0 Å². The first-order valence-corrected chi connectivity index (χ1v) is 6.98. The van der Waals surface area contributed by atoms with Gasteiger partial charge in [0.05, 0.1) is 12.3 Å². The standard InChI is InChI=1S/C9H15F2NO4S/c10-9(11,6-13)5-12-8(14)7-3-1-2-4-17(7,15)16/h7,13H,1-6H2,(H,12,14). The van der Waals surface area contributed by atoms with E-state index in [1.807, 2.05) is 5.32 Å². The second kappa shape index (κ2) is 5.26. The monoisotopic (exact) mass is 271 g/mol. The number of sulfone groups is 1. The summed E-state index contributed by atoms with van der Waals surface area (Å²) in [7, 11) is -3.52. The summed E-state index contributed by atoms with van der Waals surface area (Å²) in [5.41, 5.74) is 0. The van der Waals surface area contributed by atoms with Crippen molar-refractivity contribution in [3.63, 3.8) is 0 Å². The van der Waals surface area contributed by atoms with Crippen molar-refractivity contribution in [1.29, 1.82) is 0 Å². The average molecular weight is 271 g/mol. The Morgan fingerprint density at radius 3 is 2.59 bits per heavy atom. The first-order valence-electron chi connectivity index (χ1n) is 5.26. The molecule has 0 radical (unpaired) electrons. The molecule has 1 heterocycles. The lowest BCUT2D eigenvalue weighted by atomic mass is 10.2. The zero-order chi connectivity index (χ0) is 13.1. The smallest absolute Gasteiger partial charge is 0.287 e. The molecule has 1 atom stereocenters. The van der Waals surface area contributed by atoms with Crippen molar-refractivity contribution >= 4 is 15.7 Å². The van der Waals surface area contributed by atoms with Crippen molar-refractivity contribution in [3.05, 3.63) is 0 Å². The van der Waals surface area contributed by atoms with Crippen LogP contribution in [0.4, 0.5) is 8.78 Å². The number of aliphatic hydroxyl groups excluding tert-OH is 1. The van der Waals surface area contributed by atoms with E-state index >= 15 is 0 Å². The van der Waals surface area contributed by atoms with E-state index < -0.39 is 40.1 Å². The molecule has 1 unspecified atom stereocenters. The maximum Gasteiger partial charge on any atom is 0.287 e. The van der Waals surface area contributed by atoms with Crippen LogP contribution in [0.1, 0.15) is 19.3 Å². The van der Waals surface area contributed by atoms with Crippen LogP contribution in [0.15, 0.2) is 0 Å². The van der Waals surface area contributed by atoms with Crippen LogP contribution in [0.2, 0.25) is 0 Å². The largest absolute Gasteiger partial charge is 0.390 e. The fraction of sp³-hybridized carbons (Fsp3) is 0.889. The van der Waals surface area contributed by atoms with Crippen LogP contribution in [0.5, 0.6) is 0 Å². The molecule has 0 aromatic heterocycles. The van der Waals surface area contributed by atoms with Gasteiger partial charge in [-0.15, -0.1) is 0 Å². The van der Waals surface area contributed by atoms with E-state index in [0.717, 1.165) is 0 Å². The quantitative estimate of drug-likeness (QED) is 0.735. The molecule has 0 aliphatic carbocycles. The minimum absolute atomic E-state index is 0.0819. The molecule has 1 aliphatic rings. The Balaban J connectivity index is 2.58. The van der Waals surface area contributed by atoms with Gasteiger partial charge in [0.25, 0.3) is 5.92 Å². The van der Waals surface area contributed by atoms with Crippen molar-refractivity contribution in [2.45, 2.75) is 30.4 Å². The van der Waals surface area contributed by atoms with Crippen LogP contribution in [-0.2, 0) is 14.6 Å². The third-order valence-electron chi connectivity index (χ3n) is 2.62. The topological polar surface area (TPSA) is 83.5 Å². The molecule has 8 heteroatoms. The van der Waals surface area contributed by atoms with E-state index in [1.54, 1.807) is 0 Å². The Morgan fingerprint density at radius 1 is 1.41 bits per heavy atom. The van der Waals surface area contributed by atoms with Gasteiger partial charge >= 0.3 is 0 Å². The van der Waals surface area contributed by atoms with Gasteiger partial charge in [0, 0.05) is 0 Å². The number of rotatable bonds is 4. The van der Waals surface area contributed by atoms with E-state index in [2.05, 4.69) is 0 Å². The summed E-state index contributed by atoms with van der Waals surface area (Å²) in [6.45, 7) is -2.43. The summed E-state index contributed by atoms with van der Waals surface area (Å²) in [4.78, 5) is 11.5. The lowest BCUT2D eigenvalue weighted by molar-refractivity contribution is -0.123. The van der Waals surface area contributed by atoms with Gasteiger partial charge in [-0.25, -0.2) is 17.2 Å². The number of amides is 1. The number of hydrogen-bond donors (Lipinski definition) is 2. The number of hydrogen-bond acceptors (Lipinski definition) is 4. The molecule has 1 fully saturated rings. The second-order valence-corrected chi connectivity index (χ2v) is 6.39. The van der Waals surface area contributed by atoms with Crippen LogP contribution < -0.4 is 5.32 Å². The minimum atomic E-state index is -3.52. The molecule has 0 aromatic rings. The predicted molar refractivity (Wildman–Crippen MR) is 56.5 cm³/mol. The van der Waals surface area contributed by atoms with Gasteiger partial charge in [0.15, 0.2) is 9.84 Å². The van der Waals surface area contributed by atoms with Crippen molar-refractivity contribution < 1.29 is 27.1 Å². The molecule has 1 rings (SSSR count). The Labute approximate surface area is 98.1 Å². The highest BCUT2D eigenvalue weighted by atomic mass is 32.2. The molecule has 2 N–H and O–H groups in total. The lowest BCUT2D eigenvalue weighted by Crippen LogP contribution is -2.47. The average Bonchev–Trinajstić information content (AvgIpc) is 2.25. The van der Waals surface area contributed by atoms with Crippen molar-refractivity contribution in [3.8, 4) is 0 Å². The highest BCUT2D eigenvalue weighted by molar-refractivity contribution is 7.92. The number of carbonyl (C=O) groups excluding carboxylic acids is 1. The van der Waals surface area contributed by atoms with Gasteiger partial charge in [-0.2, -0.15) is 0 Å². The minimum Gasteiger partial charge on any atom is -0.390 e. The van der Waals surface area contributed by atoms with Gasteiger partial charge in [-0.05, 0) is 12.8 Å². The van der Waals surface area contributed by atoms with Gasteiger partial charge in [-0.1, -0.05) is 6.42 Å². The Bertz CT molecular complexity index is 382. The zero-order valence-corrected chi connectivity index (χ0v) is 9.97. The molecule has 0 bridgehead atoms. The van der Waals surface area contributed by atoms with Crippen LogP contribution in [0.3, 0.4) is 0 Å². The van der Waals surface area contributed by atoms with E-state index in [0.29, 0.717) is 12.8 Å². The van der Waals surface area contributed by atoms with Crippen molar-refractivity contribution in [1.82, 2.24) is 5.32 Å². The molecule has 5 nitrogen and oxygen atoms in total. The highest BCUT2D eigenvalue weighted by Gasteiger charge is 2.36. The fourth-order valence-electron chi connectivity index (χ4n) is 1.64. The molecule has 0 aromatic carbocycles. The lowest BCUT2D eigenvalue weighted by Gasteiger charge is -2.22. The molecule has 1 amide bonds. The number of carbonyl (C=O) groups is 1. The van der Waals surface area contributed by atoms with E-state index in [-0.39, 0.29) is 12.2 Å². The predicted octanol–water partition coefficient (Wildman–Crippen LogP) is -0.302. The molecular formula is C9H15F2NO4S. The fourth-order valence-corrected chi connectivity index (χ4v) is 3.46. The zero-order valence-electron chi connectivity index (χ0n) is 9.16. The maximum absolute atomic E-state index is 12.7. The number of aliphatic hydroxyl groups is 1. The van der Waals surface area contributed by atoms with Crippen LogP contribution in [0.25, 0.3) is 0 Å². The van der Waals surface area contributed by atoms with Gasteiger partial charge in [-0.3, -0.25) is 4.79 Å². The highest BCUT2D eigenvalue weighted by Crippen LogP contribution is 2.20. The Hall–Kier alpha value is -0.760. The van der Waals surface area contributed by atoms with Gasteiger partial charge in [0.2, 0.25) is 5.91 Å². The second-order valence-electron chi connectivity index (χ2n) is 4.08. The number of alkyl halides is 2. The first-order chi connectivity index (χ1) is 7.78. The molecule has 1 aliphatic heterocycles. The number of halogens is 2. The van der Waals surface area contributed by atoms with E-state index in [1.165, 1.54) is 0 Å². The summed E-state index contributed by atoms with van der Waals surface area (Å²) < 4.78 is 48.4. The SMILES string of the molecule is O=C(NCC(F)(F)CO)C1CCCCS1(=O)=O. The normalized spacial score (nSPS) is 24.3. The molecular weight excluding hydrogens is 256 g/mol. The van der Waals surface area contributed by atoms with Crippen molar-refractivity contribution in [2.75, 3.05) is 18.9 Å². The summed E-state index contributed by atoms with van der Waals surface area (Å²) in [6.07, 6.45) is 1.26. The van der Waals surface area contributed by atoms with Crippen molar-refractivity contribution in [2.24, 2.45) is 0 Å². The maximum atomic E-state index is 12.7. The summed E-state index contributed by atoms with van der Waals surface area (Å²) in [5, 5.41) is 8.94. The summed E-state index contributed by atoms with van der Waals surface area (Å²) in [5.74, 6) is -4.41. The third-order valence-corrected chi connectivity index (χ3v) is 4.80. The van der Waals surface area contributed by atoms with Gasteiger partial charge < -0.3 is 10.4 Å². The summed E-state index contributed by atoms with van der Waals surface area (Å²) in [6, 6.07) is 0. The van der Waals surface area contributed by atoms with Crippen LogP contribution in [-0.4, -0.2) is 49.5 Å². The van der Waals surface area contributed by atoms with Gasteiger partial charge in [0.1, 0.15) is 11.9 Å². The molecule has 0 spiro atoms. The Morgan fingerprint density at radius 2 is 2.06 bits per heavy atom. The molecule has 1 saturated heterocycles. The molecule has 0 saturated carbocycles. The molecule has 100 valence electrons. The van der Waals surface area contributed by atoms with E-state index in [9.17, 15) is 22.0 Å². The summed E-state index contributed by atoms with van der Waals surface area (Å²) >= 11 is 0.